The lowest BCUT2D eigenvalue weighted by molar-refractivity contribution is 0.301. The Hall–Kier alpha value is -1.26. The smallest absolute Gasteiger partial charge is 0.242 e. The molecular weight excluding hydrogens is 519 g/mol. The van der Waals surface area contributed by atoms with Gasteiger partial charge in [-0.1, -0.05) is 25.5 Å². The van der Waals surface area contributed by atoms with Crippen LogP contribution in [0.2, 0.25) is 39.3 Å². The van der Waals surface area contributed by atoms with Crippen molar-refractivity contribution in [2.75, 3.05) is 0 Å². The van der Waals surface area contributed by atoms with Gasteiger partial charge < -0.3 is 13.6 Å². The topological polar surface area (TPSA) is 27.7 Å². The first-order chi connectivity index (χ1) is 14.0. The molecule has 164 valence electrons. The Balaban J connectivity index is 2.39. The maximum absolute atomic E-state index is 6.57. The summed E-state index contributed by atoms with van der Waals surface area (Å²) in [4.78, 5) is 0. The van der Waals surface area contributed by atoms with Gasteiger partial charge in [0.2, 0.25) is 16.6 Å². The maximum Gasteiger partial charge on any atom is 0.242 e. The fourth-order valence-corrected chi connectivity index (χ4v) is 4.55. The fraction of sp³-hybridized carbons (Fsp3) is 0.417. The number of hydrogen-bond acceptors (Lipinski definition) is 3. The largest absolute Gasteiger partial charge is 0.550 e. The minimum atomic E-state index is -1.80. The highest BCUT2D eigenvalue weighted by Gasteiger charge is 2.22. The Kier molecular flexibility index (Phi) is 9.05. The van der Waals surface area contributed by atoms with Gasteiger partial charge in [0.05, 0.1) is 6.26 Å². The SMILES string of the molecule is CCCc1c(OCc2ccc(I)cc2)ccc(/C=C/O[Si](C)(C)C)c1O[Si](C)(C)C. The van der Waals surface area contributed by atoms with Crippen LogP contribution in [-0.4, -0.2) is 16.6 Å². The summed E-state index contributed by atoms with van der Waals surface area (Å²) in [6, 6.07) is 12.6. The van der Waals surface area contributed by atoms with Gasteiger partial charge >= 0.3 is 0 Å². The van der Waals surface area contributed by atoms with Crippen LogP contribution in [0.5, 0.6) is 11.5 Å². The summed E-state index contributed by atoms with van der Waals surface area (Å²) in [6.45, 7) is 15.9. The number of ether oxygens (including phenoxy) is 1. The molecular formula is C24H35IO3Si2. The van der Waals surface area contributed by atoms with Crippen LogP contribution in [0, 0.1) is 3.57 Å². The van der Waals surface area contributed by atoms with Crippen LogP contribution in [0.4, 0.5) is 0 Å². The van der Waals surface area contributed by atoms with E-state index in [0.29, 0.717) is 6.61 Å². The van der Waals surface area contributed by atoms with Gasteiger partial charge in [-0.3, -0.25) is 0 Å². The van der Waals surface area contributed by atoms with Crippen molar-refractivity contribution in [1.29, 1.82) is 0 Å². The van der Waals surface area contributed by atoms with Gasteiger partial charge in [0, 0.05) is 14.7 Å². The zero-order valence-electron chi connectivity index (χ0n) is 19.3. The molecule has 0 N–H and O–H groups in total. The summed E-state index contributed by atoms with van der Waals surface area (Å²) < 4.78 is 20.0. The van der Waals surface area contributed by atoms with Crippen molar-refractivity contribution in [2.24, 2.45) is 0 Å². The number of benzene rings is 2. The van der Waals surface area contributed by atoms with Gasteiger partial charge in [-0.15, -0.1) is 0 Å². The summed E-state index contributed by atoms with van der Waals surface area (Å²) in [7, 11) is -3.42. The molecule has 0 aliphatic rings. The molecule has 0 amide bonds. The van der Waals surface area contributed by atoms with Crippen molar-refractivity contribution >= 4 is 45.3 Å². The second-order valence-corrected chi connectivity index (χ2v) is 19.5. The molecule has 0 aliphatic carbocycles. The minimum absolute atomic E-state index is 0.550. The molecule has 0 bridgehead atoms. The average molecular weight is 555 g/mol. The Bertz CT molecular complexity index is 850. The molecule has 0 saturated heterocycles. The predicted octanol–water partition coefficient (Wildman–Crippen LogP) is 7.86. The van der Waals surface area contributed by atoms with E-state index in [2.05, 4.69) is 105 Å². The van der Waals surface area contributed by atoms with E-state index in [1.54, 1.807) is 0 Å². The van der Waals surface area contributed by atoms with E-state index in [1.807, 2.05) is 12.3 Å². The van der Waals surface area contributed by atoms with E-state index in [-0.39, 0.29) is 0 Å². The van der Waals surface area contributed by atoms with E-state index in [4.69, 9.17) is 13.6 Å². The van der Waals surface area contributed by atoms with Crippen molar-refractivity contribution in [2.45, 2.75) is 65.7 Å². The van der Waals surface area contributed by atoms with E-state index in [9.17, 15) is 0 Å². The summed E-state index contributed by atoms with van der Waals surface area (Å²) >= 11 is 2.32. The van der Waals surface area contributed by atoms with Crippen LogP contribution in [0.25, 0.3) is 6.08 Å². The van der Waals surface area contributed by atoms with Gasteiger partial charge in [-0.2, -0.15) is 0 Å². The van der Waals surface area contributed by atoms with Gasteiger partial charge in [0.25, 0.3) is 0 Å². The molecule has 30 heavy (non-hydrogen) atoms. The molecule has 0 unspecified atom stereocenters. The molecule has 3 nitrogen and oxygen atoms in total. The Labute approximate surface area is 198 Å². The molecule has 0 heterocycles. The molecule has 2 aromatic rings. The standard InChI is InChI=1S/C24H35IO3Si2/c1-8-9-22-23(26-18-19-10-13-21(25)14-11-19)15-12-20(16-17-27-29(2,3)4)24(22)28-30(5,6)7/h10-17H,8-9,18H2,1-7H3/b17-16+. The van der Waals surface area contributed by atoms with Crippen molar-refractivity contribution in [3.63, 3.8) is 0 Å². The first kappa shape index (κ1) is 25.0. The Morgan fingerprint density at radius 2 is 1.57 bits per heavy atom. The van der Waals surface area contributed by atoms with E-state index in [0.717, 1.165) is 41.0 Å². The molecule has 2 rings (SSSR count). The zero-order valence-corrected chi connectivity index (χ0v) is 23.5. The summed E-state index contributed by atoms with van der Waals surface area (Å²) in [5.41, 5.74) is 3.37. The Morgan fingerprint density at radius 3 is 2.13 bits per heavy atom. The molecule has 2 aromatic carbocycles. The van der Waals surface area contributed by atoms with Gasteiger partial charge in [0.15, 0.2) is 0 Å². The third-order valence-corrected chi connectivity index (χ3v) is 6.51. The van der Waals surface area contributed by atoms with Crippen molar-refractivity contribution < 1.29 is 13.6 Å². The van der Waals surface area contributed by atoms with Gasteiger partial charge in [-0.25, -0.2) is 0 Å². The quantitative estimate of drug-likeness (QED) is 0.170. The molecule has 0 fully saturated rings. The van der Waals surface area contributed by atoms with Crippen molar-refractivity contribution in [3.05, 3.63) is 62.9 Å². The highest BCUT2D eigenvalue weighted by atomic mass is 127. The lowest BCUT2D eigenvalue weighted by Gasteiger charge is -2.25. The fourth-order valence-electron chi connectivity index (χ4n) is 2.86. The summed E-state index contributed by atoms with van der Waals surface area (Å²) in [5.74, 6) is 1.86. The van der Waals surface area contributed by atoms with Crippen molar-refractivity contribution in [1.82, 2.24) is 0 Å². The summed E-state index contributed by atoms with van der Waals surface area (Å²) in [6.07, 6.45) is 5.81. The maximum atomic E-state index is 6.57. The van der Waals surface area contributed by atoms with Gasteiger partial charge in [0.1, 0.15) is 18.1 Å². The number of rotatable bonds is 10. The van der Waals surface area contributed by atoms with Crippen LogP contribution in [0.1, 0.15) is 30.0 Å². The first-order valence-electron chi connectivity index (χ1n) is 10.5. The second-order valence-electron chi connectivity index (χ2n) is 9.37. The minimum Gasteiger partial charge on any atom is -0.550 e. The van der Waals surface area contributed by atoms with Crippen LogP contribution >= 0.6 is 22.6 Å². The normalized spacial score (nSPS) is 12.3. The lowest BCUT2D eigenvalue weighted by atomic mass is 10.0. The third-order valence-electron chi connectivity index (χ3n) is 4.13. The Morgan fingerprint density at radius 1 is 0.900 bits per heavy atom. The molecule has 6 heteroatoms. The van der Waals surface area contributed by atoms with E-state index >= 15 is 0 Å². The predicted molar refractivity (Wildman–Crippen MR) is 141 cm³/mol. The molecule has 0 aromatic heterocycles. The first-order valence-corrected chi connectivity index (χ1v) is 18.4. The van der Waals surface area contributed by atoms with Crippen LogP contribution in [-0.2, 0) is 17.5 Å². The zero-order chi connectivity index (χ0) is 22.4. The van der Waals surface area contributed by atoms with Gasteiger partial charge in [-0.05, 0) is 104 Å². The molecule has 0 atom stereocenters. The lowest BCUT2D eigenvalue weighted by Crippen LogP contribution is -2.30. The van der Waals surface area contributed by atoms with Crippen LogP contribution < -0.4 is 9.16 Å². The number of hydrogen-bond donors (Lipinski definition) is 0. The second kappa shape index (κ2) is 10.9. The highest BCUT2D eigenvalue weighted by Crippen LogP contribution is 2.36. The van der Waals surface area contributed by atoms with E-state index < -0.39 is 16.6 Å². The number of halogens is 1. The summed E-state index contributed by atoms with van der Waals surface area (Å²) in [5, 5.41) is 0. The molecule has 0 spiro atoms. The van der Waals surface area contributed by atoms with Crippen LogP contribution in [0.3, 0.4) is 0 Å². The average Bonchev–Trinajstić information content (AvgIpc) is 2.62. The molecule has 0 aliphatic heterocycles. The highest BCUT2D eigenvalue weighted by molar-refractivity contribution is 14.1. The molecule has 0 radical (unpaired) electrons. The van der Waals surface area contributed by atoms with E-state index in [1.165, 1.54) is 3.57 Å². The van der Waals surface area contributed by atoms with Crippen molar-refractivity contribution in [3.8, 4) is 11.5 Å². The third kappa shape index (κ3) is 8.47. The monoisotopic (exact) mass is 554 g/mol. The molecule has 0 saturated carbocycles. The van der Waals surface area contributed by atoms with Crippen LogP contribution in [0.15, 0.2) is 42.7 Å².